The van der Waals surface area contributed by atoms with Crippen LogP contribution in [0.2, 0.25) is 0 Å². The summed E-state index contributed by atoms with van der Waals surface area (Å²) >= 11 is 0. The Balaban J connectivity index is 0.839. The predicted octanol–water partition coefficient (Wildman–Crippen LogP) is -5.41. The largest absolute Gasteiger partial charge is 0.394 e. The van der Waals surface area contributed by atoms with E-state index in [-0.39, 0.29) is 40.9 Å². The van der Waals surface area contributed by atoms with Gasteiger partial charge >= 0.3 is 0 Å². The first-order chi connectivity index (χ1) is 41.6. The second kappa shape index (κ2) is 27.6. The van der Waals surface area contributed by atoms with Gasteiger partial charge in [0.1, 0.15) is 122 Å². The van der Waals surface area contributed by atoms with Crippen molar-refractivity contribution in [3.63, 3.8) is 0 Å². The molecule has 0 bridgehead atoms. The van der Waals surface area contributed by atoms with Crippen LogP contribution in [0.15, 0.2) is 11.6 Å². The van der Waals surface area contributed by atoms with E-state index in [0.717, 1.165) is 18.4 Å². The SMILES string of the molecule is C[C@H](CC[C@@H](O[C@@H]1O[C@H](CO)[C@@H](O)[C@H](O)[C@H]1O[C@@H]1O[C@H](CO)[C@@H](O)[C@H](O)[C@H]1O)C(C)(C)O)C1CC[C@@]2(C)C3CC=C4C(CC[C@H](O[C@@H]5O[C@H](CO[C@@H]6O[C@H](CO[C@@H]7O[C@H](CO)[C@@H](O)[C@H](O)[C@H]7O)[C@@H](O)[C@H](O)[C@H]6O)[C@@H](O)[C@H](O)[C@H]5O)C4(C)C)[C@]3(C)[C@H](O)C[C@]12C. The summed E-state index contributed by atoms with van der Waals surface area (Å²) in [5.41, 5.74) is -2.36. The molecule has 35 atom stereocenters. The van der Waals surface area contributed by atoms with Gasteiger partial charge in [0.15, 0.2) is 31.5 Å². The third-order valence-electron chi connectivity index (χ3n) is 22.9. The minimum atomic E-state index is -1.87. The van der Waals surface area contributed by atoms with E-state index in [0.29, 0.717) is 32.1 Å². The maximum Gasteiger partial charge on any atom is 0.187 e. The lowest BCUT2D eigenvalue weighted by molar-refractivity contribution is -0.375. The zero-order valence-corrected chi connectivity index (χ0v) is 51.8. The molecule has 0 aromatic carbocycles. The molecule has 0 aromatic heterocycles. The summed E-state index contributed by atoms with van der Waals surface area (Å²) in [6.07, 6.45) is -36.9. The van der Waals surface area contributed by atoms with Gasteiger partial charge < -0.3 is 144 Å². The molecule has 4 aliphatic carbocycles. The van der Waals surface area contributed by atoms with Gasteiger partial charge in [-0.05, 0) is 99.7 Å². The molecule has 9 rings (SSSR count). The summed E-state index contributed by atoms with van der Waals surface area (Å²) in [6.45, 7) is 12.7. The van der Waals surface area contributed by atoms with Crippen LogP contribution in [0.1, 0.15) is 107 Å². The first kappa shape index (κ1) is 71.9. The van der Waals surface area contributed by atoms with Gasteiger partial charge in [0.2, 0.25) is 0 Å². The second-order valence-corrected chi connectivity index (χ2v) is 28.7. The third kappa shape index (κ3) is 13.1. The smallest absolute Gasteiger partial charge is 0.187 e. The number of hydrogen-bond donors (Lipinski definition) is 19. The molecule has 5 saturated heterocycles. The number of ether oxygens (including phenoxy) is 10. The Morgan fingerprint density at radius 3 is 1.46 bits per heavy atom. The lowest BCUT2D eigenvalue weighted by Crippen LogP contribution is -2.65. The van der Waals surface area contributed by atoms with Crippen molar-refractivity contribution in [3.8, 4) is 0 Å². The van der Waals surface area contributed by atoms with E-state index in [9.17, 15) is 97.0 Å². The highest BCUT2D eigenvalue weighted by molar-refractivity contribution is 5.32. The first-order valence-electron chi connectivity index (χ1n) is 31.6. The van der Waals surface area contributed by atoms with Crippen molar-refractivity contribution in [2.45, 2.75) is 284 Å². The maximum atomic E-state index is 12.8. The zero-order valence-electron chi connectivity index (χ0n) is 51.8. The third-order valence-corrected chi connectivity index (χ3v) is 22.9. The topological polar surface area (TPSA) is 477 Å². The van der Waals surface area contributed by atoms with Crippen molar-refractivity contribution in [2.75, 3.05) is 33.0 Å². The van der Waals surface area contributed by atoms with E-state index in [2.05, 4.69) is 33.8 Å². The summed E-state index contributed by atoms with van der Waals surface area (Å²) in [5, 5.41) is 205. The standard InChI is InChI=1S/C60H102O29/c1-23(9-13-35(57(4,5)79)88-55-50(45(74)38(67)29(20-63)84-55)89-54-49(78)42(71)37(66)28(19-62)83-54)24-15-16-58(6)32-12-10-25-26(60(32,8)33(64)17-59(24,58)7)11-14-34(56(25,2)3)87-53-48(77)44(73)40(69)31(86-53)22-81-52-47(76)43(72)39(68)30(85-52)21-80-51-46(75)41(70)36(65)27(18-61)82-51/h10,23-24,26-55,61-79H,9,11-22H2,1-8H3/t23-,24?,26?,27-,28-,29-,30-,31-,32?,33-,34+,35-,36-,37-,38-,39-,40-,41+,42+,43+,44+,45+,46-,47-,48-,49-,50-,51-,52-,53+,54+,55+,58+,59-,60+/m1/s1. The summed E-state index contributed by atoms with van der Waals surface area (Å²) in [4.78, 5) is 0. The Hall–Kier alpha value is -1.42. The minimum absolute atomic E-state index is 0.0182. The molecule has 0 amide bonds. The van der Waals surface area contributed by atoms with Gasteiger partial charge in [-0.2, -0.15) is 0 Å². The van der Waals surface area contributed by atoms with Gasteiger partial charge in [-0.15, -0.1) is 0 Å². The van der Waals surface area contributed by atoms with Crippen LogP contribution in [-0.2, 0) is 47.4 Å². The fourth-order valence-electron chi connectivity index (χ4n) is 17.0. The molecule has 9 aliphatic rings. The van der Waals surface area contributed by atoms with Crippen molar-refractivity contribution >= 4 is 0 Å². The molecule has 29 nitrogen and oxygen atoms in total. The summed E-state index contributed by atoms with van der Waals surface area (Å²) in [7, 11) is 0. The van der Waals surface area contributed by atoms with Gasteiger partial charge in [-0.25, -0.2) is 0 Å². The van der Waals surface area contributed by atoms with Crippen molar-refractivity contribution in [2.24, 2.45) is 45.3 Å². The Kier molecular flexibility index (Phi) is 22.3. The predicted molar refractivity (Wildman–Crippen MR) is 300 cm³/mol. The highest BCUT2D eigenvalue weighted by Gasteiger charge is 2.70. The molecular weight excluding hydrogens is 1180 g/mol. The van der Waals surface area contributed by atoms with Crippen LogP contribution in [-0.4, -0.2) is 308 Å². The van der Waals surface area contributed by atoms with Crippen LogP contribution in [0, 0.1) is 45.3 Å². The Morgan fingerprint density at radius 1 is 0.517 bits per heavy atom. The van der Waals surface area contributed by atoms with Crippen LogP contribution >= 0.6 is 0 Å². The molecule has 516 valence electrons. The molecule has 89 heavy (non-hydrogen) atoms. The minimum Gasteiger partial charge on any atom is -0.394 e. The average molecular weight is 1290 g/mol. The van der Waals surface area contributed by atoms with Gasteiger partial charge in [0.05, 0.1) is 56.9 Å². The number of fused-ring (bicyclic) bond motifs is 5. The first-order valence-corrected chi connectivity index (χ1v) is 31.6. The van der Waals surface area contributed by atoms with Gasteiger partial charge in [0, 0.05) is 10.8 Å². The molecule has 29 heteroatoms. The van der Waals surface area contributed by atoms with E-state index >= 15 is 0 Å². The molecule has 0 spiro atoms. The lowest BCUT2D eigenvalue weighted by atomic mass is 9.38. The normalized spacial score (nSPS) is 51.8. The van der Waals surface area contributed by atoms with Crippen molar-refractivity contribution < 1.29 is 144 Å². The zero-order chi connectivity index (χ0) is 65.5. The van der Waals surface area contributed by atoms with Crippen LogP contribution < -0.4 is 0 Å². The Labute approximate surface area is 517 Å². The highest BCUT2D eigenvalue weighted by Crippen LogP contribution is 2.75. The number of aliphatic hydroxyl groups is 19. The number of allylic oxidation sites excluding steroid dienone is 1. The van der Waals surface area contributed by atoms with Crippen LogP contribution in [0.4, 0.5) is 0 Å². The van der Waals surface area contributed by atoms with Gasteiger partial charge in [-0.3, -0.25) is 0 Å². The summed E-state index contributed by atoms with van der Waals surface area (Å²) in [6, 6.07) is 0. The lowest BCUT2D eigenvalue weighted by Gasteiger charge is -2.67. The van der Waals surface area contributed by atoms with Gasteiger partial charge in [0.25, 0.3) is 0 Å². The molecular formula is C60H102O29. The number of aliphatic hydroxyl groups excluding tert-OH is 18. The molecule has 3 saturated carbocycles. The van der Waals surface area contributed by atoms with Crippen molar-refractivity contribution in [3.05, 3.63) is 11.6 Å². The maximum absolute atomic E-state index is 12.8. The second-order valence-electron chi connectivity index (χ2n) is 28.7. The van der Waals surface area contributed by atoms with Crippen LogP contribution in [0.3, 0.4) is 0 Å². The molecule has 0 aromatic rings. The molecule has 5 heterocycles. The highest BCUT2D eigenvalue weighted by atomic mass is 16.8. The number of hydrogen-bond acceptors (Lipinski definition) is 29. The molecule has 3 unspecified atom stereocenters. The fraction of sp³-hybridized carbons (Fsp3) is 0.967. The van der Waals surface area contributed by atoms with Gasteiger partial charge in [-0.1, -0.05) is 53.2 Å². The Morgan fingerprint density at radius 2 is 0.955 bits per heavy atom. The molecule has 8 fully saturated rings. The van der Waals surface area contributed by atoms with E-state index in [4.69, 9.17) is 47.4 Å². The Bertz CT molecular complexity index is 2350. The quantitative estimate of drug-likeness (QED) is 0.0506. The number of rotatable bonds is 20. The van der Waals surface area contributed by atoms with E-state index < -0.39 is 221 Å². The van der Waals surface area contributed by atoms with Crippen LogP contribution in [0.5, 0.6) is 0 Å². The molecule has 5 aliphatic heterocycles. The van der Waals surface area contributed by atoms with Crippen LogP contribution in [0.25, 0.3) is 0 Å². The monoisotopic (exact) mass is 1290 g/mol. The van der Waals surface area contributed by atoms with E-state index in [1.165, 1.54) is 0 Å². The average Bonchev–Trinajstić information content (AvgIpc) is 1.66. The molecule has 0 radical (unpaired) electrons. The van der Waals surface area contributed by atoms with Crippen molar-refractivity contribution in [1.29, 1.82) is 0 Å². The summed E-state index contributed by atoms with van der Waals surface area (Å²) < 4.78 is 59.0. The fourth-order valence-corrected chi connectivity index (χ4v) is 17.0. The van der Waals surface area contributed by atoms with E-state index in [1.807, 2.05) is 13.8 Å². The van der Waals surface area contributed by atoms with E-state index in [1.54, 1.807) is 13.8 Å². The molecule has 19 N–H and O–H groups in total. The summed E-state index contributed by atoms with van der Waals surface area (Å²) in [5.74, 6) is 0.0910. The van der Waals surface area contributed by atoms with Crippen molar-refractivity contribution in [1.82, 2.24) is 0 Å².